The molecule has 0 saturated carbocycles. The van der Waals surface area contributed by atoms with Gasteiger partial charge in [0.2, 0.25) is 11.9 Å². The van der Waals surface area contributed by atoms with Crippen LogP contribution in [0.5, 0.6) is 0 Å². The molecule has 2 rings (SSSR count). The maximum Gasteiger partial charge on any atom is 0.220 e. The van der Waals surface area contributed by atoms with Crippen molar-refractivity contribution in [2.24, 2.45) is 21.5 Å². The summed E-state index contributed by atoms with van der Waals surface area (Å²) in [6, 6.07) is 8.17. The molecule has 0 fully saturated rings. The maximum atomic E-state index is 6.06. The Balaban J connectivity index is 2.46. The summed E-state index contributed by atoms with van der Waals surface area (Å²) in [5, 5.41) is 0. The highest BCUT2D eigenvalue weighted by atomic mass is 15.4. The van der Waals surface area contributed by atoms with Crippen LogP contribution in [0.2, 0.25) is 0 Å². The van der Waals surface area contributed by atoms with E-state index in [4.69, 9.17) is 11.5 Å². The fourth-order valence-electron chi connectivity index (χ4n) is 2.48. The van der Waals surface area contributed by atoms with E-state index in [2.05, 4.69) is 36.0 Å². The first-order chi connectivity index (χ1) is 8.96. The van der Waals surface area contributed by atoms with Crippen LogP contribution in [0.15, 0.2) is 34.3 Å². The Morgan fingerprint density at radius 3 is 2.42 bits per heavy atom. The van der Waals surface area contributed by atoms with Crippen LogP contribution in [-0.2, 0) is 0 Å². The first kappa shape index (κ1) is 13.4. The summed E-state index contributed by atoms with van der Waals surface area (Å²) in [6.07, 6.45) is 1.85. The van der Waals surface area contributed by atoms with Gasteiger partial charge in [0.25, 0.3) is 0 Å². The topological polar surface area (TPSA) is 80.0 Å². The molecule has 5 heteroatoms. The highest BCUT2D eigenvalue weighted by Crippen LogP contribution is 2.31. The van der Waals surface area contributed by atoms with Crippen molar-refractivity contribution >= 4 is 17.6 Å². The molecule has 0 spiro atoms. The third kappa shape index (κ3) is 2.54. The van der Waals surface area contributed by atoms with E-state index in [9.17, 15) is 0 Å². The molecular weight excluding hydrogens is 238 g/mol. The molecule has 1 aliphatic heterocycles. The van der Waals surface area contributed by atoms with Crippen molar-refractivity contribution < 1.29 is 0 Å². The lowest BCUT2D eigenvalue weighted by molar-refractivity contribution is 0.439. The lowest BCUT2D eigenvalue weighted by Gasteiger charge is -2.41. The lowest BCUT2D eigenvalue weighted by atomic mass is 10.0. The number of hydrogen-bond acceptors (Lipinski definition) is 5. The first-order valence-corrected chi connectivity index (χ1v) is 6.52. The van der Waals surface area contributed by atoms with E-state index in [-0.39, 0.29) is 5.96 Å². The number of nitrogens with zero attached hydrogens (tertiary/aromatic N) is 3. The van der Waals surface area contributed by atoms with E-state index in [0.717, 1.165) is 18.5 Å². The second-order valence-corrected chi connectivity index (χ2v) is 5.08. The Hall–Kier alpha value is -2.04. The van der Waals surface area contributed by atoms with Crippen molar-refractivity contribution in [2.75, 3.05) is 4.90 Å². The molecule has 5 nitrogen and oxygen atoms in total. The van der Waals surface area contributed by atoms with Crippen molar-refractivity contribution in [1.82, 2.24) is 0 Å². The van der Waals surface area contributed by atoms with Crippen LogP contribution in [0.1, 0.15) is 32.3 Å². The second-order valence-electron chi connectivity index (χ2n) is 5.08. The monoisotopic (exact) mass is 259 g/mol. The van der Waals surface area contributed by atoms with Gasteiger partial charge in [0.15, 0.2) is 0 Å². The third-order valence-corrected chi connectivity index (χ3v) is 3.31. The zero-order chi connectivity index (χ0) is 14.0. The molecule has 1 heterocycles. The molecule has 19 heavy (non-hydrogen) atoms. The quantitative estimate of drug-likeness (QED) is 0.870. The smallest absolute Gasteiger partial charge is 0.220 e. The summed E-state index contributed by atoms with van der Waals surface area (Å²) in [4.78, 5) is 10.5. The number of aryl methyl sites for hydroxylation is 1. The number of hydrogen-bond donors (Lipinski definition) is 2. The van der Waals surface area contributed by atoms with Gasteiger partial charge < -0.3 is 11.5 Å². The number of nitrogens with two attached hydrogens (primary N) is 2. The summed E-state index contributed by atoms with van der Waals surface area (Å²) >= 11 is 0. The van der Waals surface area contributed by atoms with Gasteiger partial charge in [-0.2, -0.15) is 4.99 Å². The number of guanidine groups is 2. The number of aliphatic imine (C=N–C) groups is 2. The van der Waals surface area contributed by atoms with Gasteiger partial charge >= 0.3 is 0 Å². The SMILES string of the molecule is CCCC1(C)N=C(N)N=C(N)N1c1ccc(C)cc1. The Kier molecular flexibility index (Phi) is 3.46. The molecule has 1 unspecified atom stereocenters. The molecule has 1 atom stereocenters. The van der Waals surface area contributed by atoms with E-state index >= 15 is 0 Å². The van der Waals surface area contributed by atoms with E-state index < -0.39 is 5.66 Å². The Morgan fingerprint density at radius 2 is 1.84 bits per heavy atom. The number of benzene rings is 1. The van der Waals surface area contributed by atoms with Crippen LogP contribution >= 0.6 is 0 Å². The number of anilines is 1. The van der Waals surface area contributed by atoms with Crippen LogP contribution < -0.4 is 16.4 Å². The summed E-state index contributed by atoms with van der Waals surface area (Å²) in [5.74, 6) is 0.643. The predicted molar refractivity (Wildman–Crippen MR) is 80.2 cm³/mol. The van der Waals surface area contributed by atoms with Crippen LogP contribution in [0.3, 0.4) is 0 Å². The molecule has 0 radical (unpaired) electrons. The van der Waals surface area contributed by atoms with Crippen LogP contribution in [-0.4, -0.2) is 17.6 Å². The van der Waals surface area contributed by atoms with Crippen molar-refractivity contribution in [2.45, 2.75) is 39.3 Å². The molecule has 0 amide bonds. The third-order valence-electron chi connectivity index (χ3n) is 3.31. The van der Waals surface area contributed by atoms with Crippen LogP contribution in [0.4, 0.5) is 5.69 Å². The largest absolute Gasteiger partial charge is 0.369 e. The first-order valence-electron chi connectivity index (χ1n) is 6.52. The highest BCUT2D eigenvalue weighted by Gasteiger charge is 2.36. The summed E-state index contributed by atoms with van der Waals surface area (Å²) < 4.78 is 0. The van der Waals surface area contributed by atoms with E-state index in [1.165, 1.54) is 5.56 Å². The standard InChI is InChI=1S/C14H21N5/c1-4-9-14(3)18-12(15)17-13(16)19(14)11-7-5-10(2)6-8-11/h5-8H,4,9H2,1-3H3,(H4,15,16,17,18). The Morgan fingerprint density at radius 1 is 1.21 bits per heavy atom. The molecular formula is C14H21N5. The minimum atomic E-state index is -0.472. The van der Waals surface area contributed by atoms with Crippen molar-refractivity contribution in [3.05, 3.63) is 29.8 Å². The van der Waals surface area contributed by atoms with Gasteiger partial charge in [0, 0.05) is 5.69 Å². The lowest BCUT2D eigenvalue weighted by Crippen LogP contribution is -2.55. The van der Waals surface area contributed by atoms with Crippen molar-refractivity contribution in [3.8, 4) is 0 Å². The maximum absolute atomic E-state index is 6.06. The molecule has 0 bridgehead atoms. The van der Waals surface area contributed by atoms with Crippen LogP contribution in [0.25, 0.3) is 0 Å². The van der Waals surface area contributed by atoms with E-state index in [1.54, 1.807) is 0 Å². The van der Waals surface area contributed by atoms with Crippen LogP contribution in [0, 0.1) is 6.92 Å². The fourth-order valence-corrected chi connectivity index (χ4v) is 2.48. The molecule has 4 N–H and O–H groups in total. The van der Waals surface area contributed by atoms with Gasteiger partial charge in [-0.15, -0.1) is 0 Å². The molecule has 0 saturated heterocycles. The zero-order valence-corrected chi connectivity index (χ0v) is 11.7. The van der Waals surface area contributed by atoms with Gasteiger partial charge in [0.05, 0.1) is 0 Å². The second kappa shape index (κ2) is 4.91. The Bertz CT molecular complexity index is 517. The van der Waals surface area contributed by atoms with E-state index in [0.29, 0.717) is 5.96 Å². The Labute approximate surface area is 114 Å². The van der Waals surface area contributed by atoms with Gasteiger partial charge in [-0.25, -0.2) is 4.99 Å². The number of rotatable bonds is 3. The molecule has 1 aliphatic rings. The van der Waals surface area contributed by atoms with Gasteiger partial charge in [-0.05, 0) is 32.4 Å². The fraction of sp³-hybridized carbons (Fsp3) is 0.429. The predicted octanol–water partition coefficient (Wildman–Crippen LogP) is 1.96. The van der Waals surface area contributed by atoms with E-state index in [1.807, 2.05) is 24.0 Å². The molecule has 102 valence electrons. The molecule has 1 aromatic carbocycles. The minimum Gasteiger partial charge on any atom is -0.369 e. The van der Waals surface area contributed by atoms with Gasteiger partial charge in [-0.1, -0.05) is 31.0 Å². The van der Waals surface area contributed by atoms with Crippen molar-refractivity contribution in [1.29, 1.82) is 0 Å². The highest BCUT2D eigenvalue weighted by molar-refractivity contribution is 6.05. The molecule has 0 aliphatic carbocycles. The molecule has 0 aromatic heterocycles. The van der Waals surface area contributed by atoms with Crippen molar-refractivity contribution in [3.63, 3.8) is 0 Å². The summed E-state index contributed by atoms with van der Waals surface area (Å²) in [7, 11) is 0. The zero-order valence-electron chi connectivity index (χ0n) is 11.7. The normalized spacial score (nSPS) is 23.0. The van der Waals surface area contributed by atoms with Gasteiger partial charge in [0.1, 0.15) is 5.66 Å². The average molecular weight is 259 g/mol. The van der Waals surface area contributed by atoms with Gasteiger partial charge in [-0.3, -0.25) is 4.90 Å². The minimum absolute atomic E-state index is 0.247. The summed E-state index contributed by atoms with van der Waals surface area (Å²) in [6.45, 7) is 6.20. The average Bonchev–Trinajstić information content (AvgIpc) is 2.30. The molecule has 1 aromatic rings. The summed E-state index contributed by atoms with van der Waals surface area (Å²) in [5.41, 5.74) is 13.5.